The predicted molar refractivity (Wildman–Crippen MR) is 107 cm³/mol. The van der Waals surface area contributed by atoms with Crippen molar-refractivity contribution in [2.24, 2.45) is 0 Å². The number of hydrogen-bond acceptors (Lipinski definition) is 4. The summed E-state index contributed by atoms with van der Waals surface area (Å²) in [6.45, 7) is 5.59. The van der Waals surface area contributed by atoms with Crippen molar-refractivity contribution < 1.29 is 9.18 Å². The van der Waals surface area contributed by atoms with E-state index in [0.717, 1.165) is 16.9 Å². The summed E-state index contributed by atoms with van der Waals surface area (Å²) in [6.07, 6.45) is 0. The number of nitrogens with zero attached hydrogens (tertiary/aromatic N) is 4. The largest absolute Gasteiger partial charge is 0.335 e. The van der Waals surface area contributed by atoms with Crippen molar-refractivity contribution in [1.82, 2.24) is 19.8 Å². The fraction of sp³-hybridized carbons (Fsp3) is 0.318. The van der Waals surface area contributed by atoms with E-state index in [1.54, 1.807) is 29.2 Å². The third-order valence-corrected chi connectivity index (χ3v) is 5.52. The molecule has 1 atom stereocenters. The van der Waals surface area contributed by atoms with E-state index in [1.807, 2.05) is 33.0 Å². The van der Waals surface area contributed by atoms with Gasteiger partial charge in [-0.1, -0.05) is 18.2 Å². The lowest BCUT2D eigenvalue weighted by molar-refractivity contribution is 0.0541. The molecule has 2 heterocycles. The third kappa shape index (κ3) is 3.36. The van der Waals surface area contributed by atoms with E-state index in [2.05, 4.69) is 14.9 Å². The van der Waals surface area contributed by atoms with E-state index in [4.69, 9.17) is 0 Å². The van der Waals surface area contributed by atoms with Crippen LogP contribution >= 0.6 is 0 Å². The molecule has 1 saturated heterocycles. The van der Waals surface area contributed by atoms with Gasteiger partial charge in [0.25, 0.3) is 5.91 Å². The molecule has 3 aromatic rings. The number of carbonyl (C=O) groups excluding carboxylic acids is 1. The number of carbonyl (C=O) groups is 1. The first-order valence-electron chi connectivity index (χ1n) is 9.43. The Labute approximate surface area is 163 Å². The number of rotatable bonds is 2. The number of fused-ring (bicyclic) bond motifs is 1. The average molecular weight is 378 g/mol. The van der Waals surface area contributed by atoms with Crippen LogP contribution in [0.1, 0.15) is 33.4 Å². The van der Waals surface area contributed by atoms with Crippen LogP contribution in [0.3, 0.4) is 0 Å². The van der Waals surface area contributed by atoms with Crippen LogP contribution in [0.4, 0.5) is 4.39 Å². The smallest absolute Gasteiger partial charge is 0.254 e. The molecule has 0 N–H and O–H groups in total. The normalized spacial score (nSPS) is 17.9. The van der Waals surface area contributed by atoms with Gasteiger partial charge in [-0.15, -0.1) is 0 Å². The minimum atomic E-state index is -0.236. The summed E-state index contributed by atoms with van der Waals surface area (Å²) in [7, 11) is 1.97. The number of aromatic nitrogens is 2. The van der Waals surface area contributed by atoms with Gasteiger partial charge in [-0.05, 0) is 45.2 Å². The SMILES string of the molecule is Cc1nc2ccc(C(=O)N3CCN(C)C(c4ccccc4F)C3)cc2nc1C. The summed E-state index contributed by atoms with van der Waals surface area (Å²) in [5.74, 6) is -0.295. The molecule has 1 aliphatic heterocycles. The molecule has 6 heteroatoms. The van der Waals surface area contributed by atoms with Gasteiger partial charge < -0.3 is 4.90 Å². The fourth-order valence-corrected chi connectivity index (χ4v) is 3.69. The van der Waals surface area contributed by atoms with Gasteiger partial charge in [0.2, 0.25) is 0 Å². The molecule has 4 rings (SSSR count). The van der Waals surface area contributed by atoms with Crippen molar-refractivity contribution in [2.75, 3.05) is 26.7 Å². The zero-order valence-corrected chi connectivity index (χ0v) is 16.3. The summed E-state index contributed by atoms with van der Waals surface area (Å²) >= 11 is 0. The number of aryl methyl sites for hydroxylation is 2. The van der Waals surface area contributed by atoms with Crippen LogP contribution < -0.4 is 0 Å². The van der Waals surface area contributed by atoms with Crippen molar-refractivity contribution in [3.05, 3.63) is 70.8 Å². The number of halogens is 1. The summed E-state index contributed by atoms with van der Waals surface area (Å²) in [5, 5.41) is 0. The third-order valence-electron chi connectivity index (χ3n) is 5.52. The predicted octanol–water partition coefficient (Wildman–Crippen LogP) is 3.51. The minimum absolute atomic E-state index is 0.0589. The molecular formula is C22H23FN4O. The molecule has 1 fully saturated rings. The van der Waals surface area contributed by atoms with E-state index in [1.165, 1.54) is 6.07 Å². The van der Waals surface area contributed by atoms with E-state index in [0.29, 0.717) is 36.3 Å². The van der Waals surface area contributed by atoms with Gasteiger partial charge >= 0.3 is 0 Å². The molecule has 0 bridgehead atoms. The van der Waals surface area contributed by atoms with Gasteiger partial charge in [0.05, 0.1) is 28.5 Å². The molecule has 0 radical (unpaired) electrons. The molecule has 144 valence electrons. The van der Waals surface area contributed by atoms with E-state index in [9.17, 15) is 9.18 Å². The van der Waals surface area contributed by atoms with Gasteiger partial charge in [-0.3, -0.25) is 9.69 Å². The summed E-state index contributed by atoms with van der Waals surface area (Å²) < 4.78 is 14.3. The lowest BCUT2D eigenvalue weighted by Crippen LogP contribution is -2.49. The number of likely N-dealkylation sites (N-methyl/N-ethyl adjacent to an activating group) is 1. The first-order valence-corrected chi connectivity index (χ1v) is 9.43. The topological polar surface area (TPSA) is 49.3 Å². The monoisotopic (exact) mass is 378 g/mol. The second-order valence-corrected chi connectivity index (χ2v) is 7.37. The lowest BCUT2D eigenvalue weighted by atomic mass is 10.0. The van der Waals surface area contributed by atoms with Crippen LogP contribution in [0.25, 0.3) is 11.0 Å². The Morgan fingerprint density at radius 2 is 1.75 bits per heavy atom. The van der Waals surface area contributed by atoms with Crippen LogP contribution in [0.2, 0.25) is 0 Å². The summed E-state index contributed by atoms with van der Waals surface area (Å²) in [5.41, 5.74) is 4.45. The fourth-order valence-electron chi connectivity index (χ4n) is 3.69. The quantitative estimate of drug-likeness (QED) is 0.685. The van der Waals surface area contributed by atoms with Gasteiger partial charge in [0.1, 0.15) is 5.82 Å². The maximum absolute atomic E-state index is 14.3. The van der Waals surface area contributed by atoms with E-state index in [-0.39, 0.29) is 17.8 Å². The van der Waals surface area contributed by atoms with E-state index < -0.39 is 0 Å². The van der Waals surface area contributed by atoms with Crippen molar-refractivity contribution in [1.29, 1.82) is 0 Å². The maximum Gasteiger partial charge on any atom is 0.254 e. The molecule has 2 aromatic carbocycles. The maximum atomic E-state index is 14.3. The Balaban J connectivity index is 1.62. The summed E-state index contributed by atoms with van der Waals surface area (Å²) in [4.78, 5) is 26.1. The Morgan fingerprint density at radius 1 is 1.04 bits per heavy atom. The molecule has 1 aliphatic rings. The van der Waals surface area contributed by atoms with Crippen LogP contribution in [0.15, 0.2) is 42.5 Å². The highest BCUT2D eigenvalue weighted by atomic mass is 19.1. The van der Waals surface area contributed by atoms with Crippen LogP contribution in [0, 0.1) is 19.7 Å². The number of benzene rings is 2. The number of piperazine rings is 1. The highest BCUT2D eigenvalue weighted by Crippen LogP contribution is 2.27. The Kier molecular flexibility index (Phi) is 4.81. The molecule has 28 heavy (non-hydrogen) atoms. The average Bonchev–Trinajstić information content (AvgIpc) is 2.69. The highest BCUT2D eigenvalue weighted by Gasteiger charge is 2.30. The van der Waals surface area contributed by atoms with Crippen molar-refractivity contribution >= 4 is 16.9 Å². The molecular weight excluding hydrogens is 355 g/mol. The zero-order chi connectivity index (χ0) is 19.8. The van der Waals surface area contributed by atoms with Gasteiger partial charge in [0.15, 0.2) is 0 Å². The Morgan fingerprint density at radius 3 is 2.50 bits per heavy atom. The van der Waals surface area contributed by atoms with Crippen LogP contribution in [-0.2, 0) is 0 Å². The van der Waals surface area contributed by atoms with Crippen molar-refractivity contribution in [3.8, 4) is 0 Å². The molecule has 0 saturated carbocycles. The molecule has 0 aliphatic carbocycles. The number of hydrogen-bond donors (Lipinski definition) is 0. The molecule has 1 unspecified atom stereocenters. The molecule has 1 aromatic heterocycles. The minimum Gasteiger partial charge on any atom is -0.335 e. The molecule has 5 nitrogen and oxygen atoms in total. The van der Waals surface area contributed by atoms with Crippen LogP contribution in [-0.4, -0.2) is 52.4 Å². The molecule has 1 amide bonds. The second kappa shape index (κ2) is 7.28. The van der Waals surface area contributed by atoms with Crippen molar-refractivity contribution in [2.45, 2.75) is 19.9 Å². The Bertz CT molecular complexity index is 1050. The van der Waals surface area contributed by atoms with Gasteiger partial charge in [-0.25, -0.2) is 14.4 Å². The lowest BCUT2D eigenvalue weighted by Gasteiger charge is -2.39. The van der Waals surface area contributed by atoms with Crippen molar-refractivity contribution in [3.63, 3.8) is 0 Å². The highest BCUT2D eigenvalue weighted by molar-refractivity contribution is 5.97. The Hall–Kier alpha value is -2.86. The van der Waals surface area contributed by atoms with Crippen LogP contribution in [0.5, 0.6) is 0 Å². The number of amides is 1. The molecule has 0 spiro atoms. The standard InChI is InChI=1S/C22H23FN4O/c1-14-15(2)25-20-12-16(8-9-19(20)24-14)22(28)27-11-10-26(3)21(13-27)17-6-4-5-7-18(17)23/h4-9,12,21H,10-11,13H2,1-3H3. The zero-order valence-electron chi connectivity index (χ0n) is 16.3. The van der Waals surface area contributed by atoms with Gasteiger partial charge in [0, 0.05) is 30.8 Å². The summed E-state index contributed by atoms with van der Waals surface area (Å²) in [6, 6.07) is 12.1. The second-order valence-electron chi connectivity index (χ2n) is 7.37. The van der Waals surface area contributed by atoms with Gasteiger partial charge in [-0.2, -0.15) is 0 Å². The first-order chi connectivity index (χ1) is 13.4. The van der Waals surface area contributed by atoms with E-state index >= 15 is 0 Å². The first kappa shape index (κ1) is 18.5.